The van der Waals surface area contributed by atoms with Crippen LogP contribution >= 0.6 is 0 Å². The highest BCUT2D eigenvalue weighted by Gasteiger charge is 2.19. The minimum atomic E-state index is 0.414. The normalized spacial score (nSPS) is 11.1. The molecule has 0 unspecified atom stereocenters. The SMILES string of the molecule is c1ccc(C(CCC(c2ccccc2)c2ccccc2)c2ccccc2)cc1. The van der Waals surface area contributed by atoms with Gasteiger partial charge in [-0.2, -0.15) is 0 Å². The van der Waals surface area contributed by atoms with Crippen molar-refractivity contribution in [1.82, 2.24) is 0 Å². The summed E-state index contributed by atoms with van der Waals surface area (Å²) in [7, 11) is 0. The van der Waals surface area contributed by atoms with Crippen molar-refractivity contribution in [2.75, 3.05) is 0 Å². The van der Waals surface area contributed by atoms with Crippen LogP contribution in [0.25, 0.3) is 0 Å². The fraction of sp³-hybridized carbons (Fsp3) is 0.143. The second kappa shape index (κ2) is 9.19. The van der Waals surface area contributed by atoms with Gasteiger partial charge in [-0.05, 0) is 35.1 Å². The van der Waals surface area contributed by atoms with Crippen molar-refractivity contribution < 1.29 is 0 Å². The summed E-state index contributed by atoms with van der Waals surface area (Å²) in [4.78, 5) is 0. The van der Waals surface area contributed by atoms with Crippen LogP contribution in [-0.4, -0.2) is 0 Å². The second-order valence-electron chi connectivity index (χ2n) is 7.33. The van der Waals surface area contributed by atoms with E-state index in [-0.39, 0.29) is 0 Å². The number of rotatable bonds is 7. The Morgan fingerprint density at radius 2 is 0.536 bits per heavy atom. The maximum Gasteiger partial charge on any atom is 0.00896 e. The third-order valence-electron chi connectivity index (χ3n) is 5.55. The molecular weight excluding hydrogens is 336 g/mol. The molecule has 0 fully saturated rings. The first-order valence-corrected chi connectivity index (χ1v) is 10.1. The van der Waals surface area contributed by atoms with E-state index < -0.39 is 0 Å². The fourth-order valence-electron chi connectivity index (χ4n) is 4.13. The molecule has 0 bridgehead atoms. The van der Waals surface area contributed by atoms with Crippen LogP contribution in [0, 0.1) is 0 Å². The Hall–Kier alpha value is -3.12. The van der Waals surface area contributed by atoms with Crippen molar-refractivity contribution in [1.29, 1.82) is 0 Å². The van der Waals surface area contributed by atoms with E-state index in [2.05, 4.69) is 121 Å². The molecule has 0 heterocycles. The molecule has 0 spiro atoms. The van der Waals surface area contributed by atoms with Gasteiger partial charge < -0.3 is 0 Å². The first kappa shape index (κ1) is 18.3. The van der Waals surface area contributed by atoms with Crippen LogP contribution in [0.3, 0.4) is 0 Å². The van der Waals surface area contributed by atoms with Gasteiger partial charge in [0.25, 0.3) is 0 Å². The summed E-state index contributed by atoms with van der Waals surface area (Å²) in [5, 5.41) is 0. The zero-order valence-electron chi connectivity index (χ0n) is 16.1. The maximum absolute atomic E-state index is 2.26. The quantitative estimate of drug-likeness (QED) is 0.321. The molecule has 0 radical (unpaired) electrons. The van der Waals surface area contributed by atoms with Crippen molar-refractivity contribution in [2.45, 2.75) is 24.7 Å². The van der Waals surface area contributed by atoms with Crippen molar-refractivity contribution in [3.63, 3.8) is 0 Å². The zero-order valence-corrected chi connectivity index (χ0v) is 16.1. The summed E-state index contributed by atoms with van der Waals surface area (Å²) < 4.78 is 0. The third-order valence-corrected chi connectivity index (χ3v) is 5.55. The standard InChI is InChI=1S/C28H26/c1-5-13-23(14-6-1)27(24-15-7-2-8-16-24)21-22-28(25-17-9-3-10-18-25)26-19-11-4-12-20-26/h1-20,27-28H,21-22H2. The van der Waals surface area contributed by atoms with E-state index in [0.717, 1.165) is 12.8 Å². The van der Waals surface area contributed by atoms with E-state index in [1.165, 1.54) is 22.3 Å². The number of benzene rings is 4. The Morgan fingerprint density at radius 3 is 0.750 bits per heavy atom. The minimum absolute atomic E-state index is 0.414. The Kier molecular flexibility index (Phi) is 5.99. The molecule has 4 aromatic carbocycles. The molecule has 4 rings (SSSR count). The van der Waals surface area contributed by atoms with Gasteiger partial charge in [-0.3, -0.25) is 0 Å². The van der Waals surface area contributed by atoms with Crippen LogP contribution in [0.15, 0.2) is 121 Å². The van der Waals surface area contributed by atoms with Crippen LogP contribution < -0.4 is 0 Å². The molecule has 138 valence electrons. The monoisotopic (exact) mass is 362 g/mol. The maximum atomic E-state index is 2.26. The molecule has 0 aliphatic carbocycles. The lowest BCUT2D eigenvalue weighted by Gasteiger charge is -2.23. The van der Waals surface area contributed by atoms with Gasteiger partial charge in [-0.15, -0.1) is 0 Å². The summed E-state index contributed by atoms with van der Waals surface area (Å²) in [6, 6.07) is 43.7. The van der Waals surface area contributed by atoms with Crippen LogP contribution in [0.4, 0.5) is 0 Å². The summed E-state index contributed by atoms with van der Waals surface area (Å²) >= 11 is 0. The number of hydrogen-bond acceptors (Lipinski definition) is 0. The highest BCUT2D eigenvalue weighted by molar-refractivity contribution is 5.35. The van der Waals surface area contributed by atoms with Gasteiger partial charge >= 0.3 is 0 Å². The van der Waals surface area contributed by atoms with Crippen LogP contribution in [0.2, 0.25) is 0 Å². The van der Waals surface area contributed by atoms with Gasteiger partial charge in [0.15, 0.2) is 0 Å². The summed E-state index contributed by atoms with van der Waals surface area (Å²) in [6.45, 7) is 0. The Morgan fingerprint density at radius 1 is 0.321 bits per heavy atom. The number of hydrogen-bond donors (Lipinski definition) is 0. The highest BCUT2D eigenvalue weighted by Crippen LogP contribution is 2.35. The van der Waals surface area contributed by atoms with Gasteiger partial charge in [0, 0.05) is 11.8 Å². The molecule has 0 saturated heterocycles. The van der Waals surface area contributed by atoms with E-state index in [1.54, 1.807) is 0 Å². The molecule has 0 aromatic heterocycles. The Labute approximate surface area is 168 Å². The van der Waals surface area contributed by atoms with E-state index in [4.69, 9.17) is 0 Å². The van der Waals surface area contributed by atoms with Gasteiger partial charge in [-0.25, -0.2) is 0 Å². The fourth-order valence-corrected chi connectivity index (χ4v) is 4.13. The largest absolute Gasteiger partial charge is 0.0622 e. The lowest BCUT2D eigenvalue weighted by Crippen LogP contribution is -2.07. The first-order valence-electron chi connectivity index (χ1n) is 10.1. The molecule has 0 N–H and O–H groups in total. The molecule has 0 saturated carbocycles. The van der Waals surface area contributed by atoms with Crippen molar-refractivity contribution in [2.24, 2.45) is 0 Å². The Bertz CT molecular complexity index is 782. The van der Waals surface area contributed by atoms with Gasteiger partial charge in [0.05, 0.1) is 0 Å². The lowest BCUT2D eigenvalue weighted by molar-refractivity contribution is 0.612. The second-order valence-corrected chi connectivity index (χ2v) is 7.33. The molecule has 28 heavy (non-hydrogen) atoms. The van der Waals surface area contributed by atoms with Crippen molar-refractivity contribution >= 4 is 0 Å². The lowest BCUT2D eigenvalue weighted by atomic mass is 9.81. The molecule has 0 amide bonds. The molecule has 0 nitrogen and oxygen atoms in total. The van der Waals surface area contributed by atoms with Crippen LogP contribution in [-0.2, 0) is 0 Å². The predicted octanol–water partition coefficient (Wildman–Crippen LogP) is 7.43. The predicted molar refractivity (Wildman–Crippen MR) is 119 cm³/mol. The van der Waals surface area contributed by atoms with E-state index in [0.29, 0.717) is 11.8 Å². The molecule has 0 atom stereocenters. The van der Waals surface area contributed by atoms with Gasteiger partial charge in [0.1, 0.15) is 0 Å². The molecule has 0 heteroatoms. The summed E-state index contributed by atoms with van der Waals surface area (Å²) in [5.74, 6) is 0.828. The van der Waals surface area contributed by atoms with Gasteiger partial charge in [0.2, 0.25) is 0 Å². The minimum Gasteiger partial charge on any atom is -0.0622 e. The smallest absolute Gasteiger partial charge is 0.00896 e. The van der Waals surface area contributed by atoms with E-state index in [1.807, 2.05) is 0 Å². The van der Waals surface area contributed by atoms with Crippen molar-refractivity contribution in [3.8, 4) is 0 Å². The zero-order chi connectivity index (χ0) is 19.0. The average molecular weight is 363 g/mol. The highest BCUT2D eigenvalue weighted by atomic mass is 14.2. The van der Waals surface area contributed by atoms with Crippen LogP contribution in [0.1, 0.15) is 46.9 Å². The summed E-state index contributed by atoms with van der Waals surface area (Å²) in [6.07, 6.45) is 2.23. The van der Waals surface area contributed by atoms with Crippen molar-refractivity contribution in [3.05, 3.63) is 144 Å². The molecule has 0 aliphatic rings. The van der Waals surface area contributed by atoms with E-state index in [9.17, 15) is 0 Å². The Balaban J connectivity index is 1.64. The third kappa shape index (κ3) is 4.40. The molecular formula is C28H26. The van der Waals surface area contributed by atoms with Gasteiger partial charge in [-0.1, -0.05) is 121 Å². The van der Waals surface area contributed by atoms with Crippen LogP contribution in [0.5, 0.6) is 0 Å². The molecule has 4 aromatic rings. The molecule has 0 aliphatic heterocycles. The first-order chi connectivity index (χ1) is 13.9. The average Bonchev–Trinajstić information content (AvgIpc) is 2.79. The topological polar surface area (TPSA) is 0 Å². The summed E-state index contributed by atoms with van der Waals surface area (Å²) in [5.41, 5.74) is 5.59. The van der Waals surface area contributed by atoms with E-state index >= 15 is 0 Å².